The molecule has 8 heteroatoms. The summed E-state index contributed by atoms with van der Waals surface area (Å²) in [5.41, 5.74) is 7.05. The zero-order valence-electron chi connectivity index (χ0n) is 15.8. The Morgan fingerprint density at radius 3 is 2.93 bits per heavy atom. The van der Waals surface area contributed by atoms with Crippen molar-refractivity contribution in [2.75, 3.05) is 19.7 Å². The molecule has 1 atom stereocenters. The average molecular weight is 394 g/mol. The minimum atomic E-state index is -3.56. The summed E-state index contributed by atoms with van der Waals surface area (Å²) in [6.45, 7) is 6.06. The van der Waals surface area contributed by atoms with Crippen LogP contribution in [-0.2, 0) is 20.6 Å². The van der Waals surface area contributed by atoms with Crippen molar-refractivity contribution < 1.29 is 17.9 Å². The van der Waals surface area contributed by atoms with Gasteiger partial charge in [-0.15, -0.1) is 4.40 Å². The Morgan fingerprint density at radius 1 is 1.41 bits per heavy atom. The van der Waals surface area contributed by atoms with E-state index in [0.29, 0.717) is 42.4 Å². The number of amides is 1. The summed E-state index contributed by atoms with van der Waals surface area (Å²) in [5, 5.41) is 0. The Bertz CT molecular complexity index is 849. The van der Waals surface area contributed by atoms with E-state index in [1.165, 1.54) is 0 Å². The highest BCUT2D eigenvalue weighted by molar-refractivity contribution is 7.89. The number of likely N-dealkylation sites (tertiary alicyclic amines) is 1. The van der Waals surface area contributed by atoms with Gasteiger partial charge in [-0.1, -0.05) is 26.0 Å². The molecule has 1 aromatic rings. The van der Waals surface area contributed by atoms with Crippen LogP contribution in [0.1, 0.15) is 44.2 Å². The molecule has 148 valence electrons. The second kappa shape index (κ2) is 7.88. The maximum absolute atomic E-state index is 12.3. The molecule has 1 aromatic carbocycles. The van der Waals surface area contributed by atoms with E-state index in [1.54, 1.807) is 18.2 Å². The van der Waals surface area contributed by atoms with Crippen LogP contribution in [0.4, 0.5) is 0 Å². The van der Waals surface area contributed by atoms with Gasteiger partial charge in [-0.25, -0.2) is 8.42 Å². The van der Waals surface area contributed by atoms with Crippen molar-refractivity contribution in [3.63, 3.8) is 0 Å². The molecule has 0 radical (unpaired) electrons. The van der Waals surface area contributed by atoms with E-state index < -0.39 is 10.0 Å². The number of carbonyl (C=O) groups excluding carboxylic acids is 1. The molecule has 0 aromatic heterocycles. The second-order valence-corrected chi connectivity index (χ2v) is 9.39. The molecule has 1 amide bonds. The van der Waals surface area contributed by atoms with Gasteiger partial charge in [0.1, 0.15) is 11.6 Å². The monoisotopic (exact) mass is 393 g/mol. The molecule has 0 aliphatic carbocycles. The second-order valence-electron chi connectivity index (χ2n) is 7.75. The van der Waals surface area contributed by atoms with Crippen molar-refractivity contribution >= 4 is 21.8 Å². The number of rotatable bonds is 5. The smallest absolute Gasteiger partial charge is 0.259 e. The van der Waals surface area contributed by atoms with Gasteiger partial charge in [0.15, 0.2) is 0 Å². The predicted octanol–water partition coefficient (Wildman–Crippen LogP) is 1.90. The average Bonchev–Trinajstić information content (AvgIpc) is 2.58. The molecule has 1 unspecified atom stereocenters. The van der Waals surface area contributed by atoms with E-state index in [0.717, 1.165) is 19.4 Å². The Morgan fingerprint density at radius 2 is 2.19 bits per heavy atom. The largest absolute Gasteiger partial charge is 0.492 e. The van der Waals surface area contributed by atoms with Crippen LogP contribution in [0.25, 0.3) is 0 Å². The van der Waals surface area contributed by atoms with E-state index >= 15 is 0 Å². The summed E-state index contributed by atoms with van der Waals surface area (Å²) in [6, 6.07) is 5.28. The third-order valence-corrected chi connectivity index (χ3v) is 6.02. The number of carbonyl (C=O) groups is 1. The lowest BCUT2D eigenvalue weighted by Crippen LogP contribution is -2.42. The van der Waals surface area contributed by atoms with Crippen LogP contribution < -0.4 is 10.5 Å². The molecule has 0 saturated carbocycles. The van der Waals surface area contributed by atoms with Gasteiger partial charge in [0.2, 0.25) is 5.91 Å². The summed E-state index contributed by atoms with van der Waals surface area (Å²) in [7, 11) is -3.56. The first-order valence-corrected chi connectivity index (χ1v) is 11.0. The first-order valence-electron chi connectivity index (χ1n) is 9.36. The molecule has 27 heavy (non-hydrogen) atoms. The first-order chi connectivity index (χ1) is 12.7. The normalized spacial score (nSPS) is 21.5. The van der Waals surface area contributed by atoms with Gasteiger partial charge in [-0.05, 0) is 30.4 Å². The lowest BCUT2D eigenvalue weighted by atomic mass is 9.97. The topological polar surface area (TPSA) is 102 Å². The van der Waals surface area contributed by atoms with Gasteiger partial charge in [-0.2, -0.15) is 0 Å². The first kappa shape index (κ1) is 19.7. The third-order valence-electron chi connectivity index (χ3n) is 4.87. The minimum absolute atomic E-state index is 0.0239. The fourth-order valence-electron chi connectivity index (χ4n) is 3.65. The molecule has 0 bridgehead atoms. The number of hydrogen-bond donors (Lipinski definition) is 1. The number of hydrogen-bond acceptors (Lipinski definition) is 5. The van der Waals surface area contributed by atoms with E-state index in [-0.39, 0.29) is 23.4 Å². The highest BCUT2D eigenvalue weighted by atomic mass is 32.2. The molecule has 2 N–H and O–H groups in total. The summed E-state index contributed by atoms with van der Waals surface area (Å²) >= 11 is 0. The lowest BCUT2D eigenvalue weighted by Gasteiger charge is -2.33. The van der Waals surface area contributed by atoms with Crippen molar-refractivity contribution in [2.24, 2.45) is 22.0 Å². The van der Waals surface area contributed by atoms with Gasteiger partial charge < -0.3 is 15.4 Å². The van der Waals surface area contributed by atoms with Crippen molar-refractivity contribution in [3.8, 4) is 5.75 Å². The van der Waals surface area contributed by atoms with Crippen LogP contribution >= 0.6 is 0 Å². The molecular formula is C19H27N3O4S. The molecule has 0 spiro atoms. The van der Waals surface area contributed by atoms with Crippen LogP contribution in [0.5, 0.6) is 5.75 Å². The quantitative estimate of drug-likeness (QED) is 0.823. The fraction of sp³-hybridized carbons (Fsp3) is 0.579. The van der Waals surface area contributed by atoms with Crippen molar-refractivity contribution in [1.29, 1.82) is 0 Å². The summed E-state index contributed by atoms with van der Waals surface area (Å²) in [4.78, 5) is 14.3. The number of amidine groups is 1. The Kier molecular flexibility index (Phi) is 5.74. The SMILES string of the molecule is CC(C)CC(=O)N1CCCC(COc2cccc3c2C(N)=NS(=O)(=O)C3)C1. The van der Waals surface area contributed by atoms with Crippen LogP contribution in [0.15, 0.2) is 22.6 Å². The van der Waals surface area contributed by atoms with E-state index in [9.17, 15) is 13.2 Å². The molecule has 7 nitrogen and oxygen atoms in total. The van der Waals surface area contributed by atoms with E-state index in [2.05, 4.69) is 4.40 Å². The van der Waals surface area contributed by atoms with Crippen molar-refractivity contribution in [1.82, 2.24) is 4.90 Å². The highest BCUT2D eigenvalue weighted by Crippen LogP contribution is 2.29. The van der Waals surface area contributed by atoms with Crippen LogP contribution in [0, 0.1) is 11.8 Å². The summed E-state index contributed by atoms with van der Waals surface area (Å²) in [5.74, 6) is 1.16. The zero-order chi connectivity index (χ0) is 19.6. The summed E-state index contributed by atoms with van der Waals surface area (Å²) < 4.78 is 33.1. The maximum Gasteiger partial charge on any atom is 0.259 e. The molecular weight excluding hydrogens is 366 g/mol. The number of fused-ring (bicyclic) bond motifs is 1. The highest BCUT2D eigenvalue weighted by Gasteiger charge is 2.27. The molecule has 1 fully saturated rings. The maximum atomic E-state index is 12.3. The number of ether oxygens (including phenoxy) is 1. The predicted molar refractivity (Wildman–Crippen MR) is 104 cm³/mol. The minimum Gasteiger partial charge on any atom is -0.492 e. The molecule has 2 aliphatic rings. The molecule has 3 rings (SSSR count). The van der Waals surface area contributed by atoms with Crippen LogP contribution in [0.2, 0.25) is 0 Å². The van der Waals surface area contributed by atoms with E-state index in [4.69, 9.17) is 10.5 Å². The van der Waals surface area contributed by atoms with Crippen LogP contribution in [-0.4, -0.2) is 44.8 Å². The zero-order valence-corrected chi connectivity index (χ0v) is 16.7. The third kappa shape index (κ3) is 4.80. The number of benzene rings is 1. The van der Waals surface area contributed by atoms with Gasteiger partial charge in [0.25, 0.3) is 10.0 Å². The van der Waals surface area contributed by atoms with Crippen LogP contribution in [0.3, 0.4) is 0 Å². The number of nitrogens with zero attached hydrogens (tertiary/aromatic N) is 2. The van der Waals surface area contributed by atoms with E-state index in [1.807, 2.05) is 18.7 Å². The number of sulfonamides is 1. The van der Waals surface area contributed by atoms with Gasteiger partial charge in [0.05, 0.1) is 17.9 Å². The van der Waals surface area contributed by atoms with Gasteiger partial charge in [-0.3, -0.25) is 4.79 Å². The Hall–Kier alpha value is -2.09. The van der Waals surface area contributed by atoms with Gasteiger partial charge >= 0.3 is 0 Å². The fourth-order valence-corrected chi connectivity index (χ4v) is 4.73. The lowest BCUT2D eigenvalue weighted by molar-refractivity contribution is -0.134. The molecule has 2 heterocycles. The standard InChI is InChI=1S/C19H27N3O4S/c1-13(2)9-17(23)22-8-4-5-14(10-22)11-26-16-7-3-6-15-12-27(24,25)21-19(20)18(15)16/h3,6-7,13-14H,4-5,8-12H2,1-2H3,(H2,20,21). The summed E-state index contributed by atoms with van der Waals surface area (Å²) in [6.07, 6.45) is 2.53. The molecule has 2 aliphatic heterocycles. The molecule has 1 saturated heterocycles. The Labute approximate surface area is 160 Å². The number of nitrogens with two attached hydrogens (primary N) is 1. The van der Waals surface area contributed by atoms with Crippen molar-refractivity contribution in [2.45, 2.75) is 38.9 Å². The Balaban J connectivity index is 1.67. The number of piperidine rings is 1. The van der Waals surface area contributed by atoms with Crippen molar-refractivity contribution in [3.05, 3.63) is 29.3 Å². The van der Waals surface area contributed by atoms with Gasteiger partial charge in [0, 0.05) is 25.4 Å².